The molecule has 0 aliphatic heterocycles. The zero-order valence-corrected chi connectivity index (χ0v) is 44.0. The van der Waals surface area contributed by atoms with Crippen LogP contribution in [0.25, 0.3) is 22.3 Å². The Kier molecular flexibility index (Phi) is 24.1. The topological polar surface area (TPSA) is 197 Å². The molecule has 0 aliphatic carbocycles. The summed E-state index contributed by atoms with van der Waals surface area (Å²) in [5.74, 6) is 0.107. The summed E-state index contributed by atoms with van der Waals surface area (Å²) in [5, 5.41) is 16.9. The summed E-state index contributed by atoms with van der Waals surface area (Å²) in [5.41, 5.74) is 4.04. The third kappa shape index (κ3) is 20.1. The first-order valence-electron chi connectivity index (χ1n) is 24.1. The molecule has 0 saturated carbocycles. The maximum atomic E-state index is 13.6. The van der Waals surface area contributed by atoms with E-state index in [1.807, 2.05) is 158 Å². The largest absolute Gasteiger partial charge is 0.489 e. The van der Waals surface area contributed by atoms with Crippen molar-refractivity contribution in [1.82, 2.24) is 10.6 Å². The number of carboxylic acids is 1. The molecular weight excluding hydrogens is 1030 g/mol. The lowest BCUT2D eigenvalue weighted by Crippen LogP contribution is -2.36. The van der Waals surface area contributed by atoms with Crippen molar-refractivity contribution < 1.29 is 57.5 Å². The number of hydrogen-bond donors (Lipinski definition) is 4. The molecular formula is C58H59N3O12S3. The number of amides is 3. The molecule has 3 unspecified atom stereocenters. The average molecular weight is 1090 g/mol. The summed E-state index contributed by atoms with van der Waals surface area (Å²) in [6.45, 7) is 6.60. The van der Waals surface area contributed by atoms with Gasteiger partial charge in [0.1, 0.15) is 50.1 Å². The molecule has 6 rings (SSSR count). The molecule has 3 amide bonds. The molecule has 4 N–H and O–H groups in total. The van der Waals surface area contributed by atoms with E-state index in [1.165, 1.54) is 35.3 Å². The number of aliphatic carboxylic acids is 1. The SMILES string of the molecule is C=CC(=O)OCCNC(=O)OC(COc1ccccc1-c1ccccc1)CSC(COC(=O)Nc1ccccc1Sc1ccccc1)CSCC(COc1ccccc1-c1ccccc1)OC(=O)NCCC(=C)C(=O)O. The van der Waals surface area contributed by atoms with E-state index in [-0.39, 0.29) is 63.0 Å². The number of anilines is 1. The van der Waals surface area contributed by atoms with Gasteiger partial charge in [-0.25, -0.2) is 24.0 Å². The lowest BCUT2D eigenvalue weighted by atomic mass is 10.1. The van der Waals surface area contributed by atoms with Crippen LogP contribution in [-0.4, -0.2) is 110 Å². The van der Waals surface area contributed by atoms with Crippen molar-refractivity contribution in [2.75, 3.05) is 62.1 Å². The maximum Gasteiger partial charge on any atom is 0.411 e. The molecule has 6 aromatic rings. The number of para-hydroxylation sites is 3. The molecule has 6 aromatic carbocycles. The number of alkyl carbamates (subject to hydrolysis) is 2. The first-order chi connectivity index (χ1) is 37.0. The fourth-order valence-electron chi connectivity index (χ4n) is 6.98. The van der Waals surface area contributed by atoms with Gasteiger partial charge in [-0.15, -0.1) is 0 Å². The van der Waals surface area contributed by atoms with E-state index < -0.39 is 47.7 Å². The van der Waals surface area contributed by atoms with Gasteiger partial charge in [-0.3, -0.25) is 5.32 Å². The molecule has 0 heterocycles. The maximum absolute atomic E-state index is 13.6. The third-order valence-corrected chi connectivity index (χ3v) is 14.6. The van der Waals surface area contributed by atoms with Gasteiger partial charge in [-0.05, 0) is 53.9 Å². The highest BCUT2D eigenvalue weighted by molar-refractivity contribution is 8.03. The number of carbonyl (C=O) groups is 5. The fraction of sp³-hybridized carbons (Fsp3) is 0.224. The summed E-state index contributed by atoms with van der Waals surface area (Å²) in [4.78, 5) is 64.8. The zero-order chi connectivity index (χ0) is 53.7. The van der Waals surface area contributed by atoms with Gasteiger partial charge in [0, 0.05) is 61.6 Å². The van der Waals surface area contributed by atoms with Crippen LogP contribution in [0.15, 0.2) is 198 Å². The number of benzene rings is 6. The average Bonchev–Trinajstić information content (AvgIpc) is 3.44. The second-order valence-corrected chi connectivity index (χ2v) is 19.9. The Balaban J connectivity index is 1.19. The number of esters is 1. The number of carbonyl (C=O) groups excluding carboxylic acids is 4. The van der Waals surface area contributed by atoms with Gasteiger partial charge < -0.3 is 44.2 Å². The molecule has 15 nitrogen and oxygen atoms in total. The third-order valence-electron chi connectivity index (χ3n) is 10.7. The number of nitrogens with one attached hydrogen (secondary N) is 3. The molecule has 0 aromatic heterocycles. The van der Waals surface area contributed by atoms with E-state index in [4.69, 9.17) is 28.4 Å². The lowest BCUT2D eigenvalue weighted by Gasteiger charge is -2.24. The Bertz CT molecular complexity index is 2830. The Labute approximate surface area is 455 Å². The Hall–Kier alpha value is -7.80. The zero-order valence-electron chi connectivity index (χ0n) is 41.5. The smallest absolute Gasteiger partial charge is 0.411 e. The van der Waals surface area contributed by atoms with Gasteiger partial charge in [0.15, 0.2) is 0 Å². The van der Waals surface area contributed by atoms with Crippen LogP contribution in [0.1, 0.15) is 6.42 Å². The standard InChI is InChI=1S/C58H59N3O12S3/c1-3-54(62)68-34-33-60-57(66)73-45(36-70-52-29-17-14-26-49(52)43-21-9-5-10-22-43)39-75-47(37-71-58(67)61-50-27-15-18-30-53(50)76-46-23-11-6-12-24-46)40-74-38-44(72-56(65)59-32-31-41(2)55(63)64)35-69-51-28-16-13-25-48(51)42-19-7-4-8-20-42/h3-30,44-45,47H,1-2,31-40H2,(H,59,65)(H,60,66)(H,61,67)(H,63,64). The van der Waals surface area contributed by atoms with Crippen LogP contribution in [0.5, 0.6) is 11.5 Å². The Morgan fingerprint density at radius 3 is 1.70 bits per heavy atom. The highest BCUT2D eigenvalue weighted by Gasteiger charge is 2.24. The van der Waals surface area contributed by atoms with Crippen molar-refractivity contribution in [2.45, 2.75) is 33.7 Å². The first-order valence-corrected chi connectivity index (χ1v) is 27.1. The Morgan fingerprint density at radius 2 is 1.11 bits per heavy atom. The number of ether oxygens (including phenoxy) is 6. The van der Waals surface area contributed by atoms with E-state index in [0.717, 1.165) is 38.1 Å². The second kappa shape index (κ2) is 31.8. The van der Waals surface area contributed by atoms with Crippen LogP contribution in [0.2, 0.25) is 0 Å². The number of rotatable bonds is 30. The molecule has 0 radical (unpaired) electrons. The van der Waals surface area contributed by atoms with Crippen LogP contribution in [0, 0.1) is 0 Å². The van der Waals surface area contributed by atoms with Gasteiger partial charge in [-0.2, -0.15) is 23.5 Å². The van der Waals surface area contributed by atoms with Crippen LogP contribution >= 0.6 is 35.3 Å². The van der Waals surface area contributed by atoms with Gasteiger partial charge in [0.05, 0.1) is 12.2 Å². The first kappa shape index (κ1) is 57.5. The normalized spacial score (nSPS) is 11.8. The molecule has 396 valence electrons. The fourth-order valence-corrected chi connectivity index (χ4v) is 10.3. The molecule has 0 fully saturated rings. The highest BCUT2D eigenvalue weighted by Crippen LogP contribution is 2.34. The van der Waals surface area contributed by atoms with E-state index in [2.05, 4.69) is 29.1 Å². The van der Waals surface area contributed by atoms with Crippen molar-refractivity contribution in [3.05, 3.63) is 189 Å². The molecule has 0 bridgehead atoms. The number of carboxylic acid groups (broad SMARTS) is 1. The monoisotopic (exact) mass is 1090 g/mol. The minimum Gasteiger partial charge on any atom is -0.489 e. The summed E-state index contributed by atoms with van der Waals surface area (Å²) >= 11 is 4.30. The second-order valence-electron chi connectivity index (χ2n) is 16.4. The van der Waals surface area contributed by atoms with Crippen molar-refractivity contribution in [3.63, 3.8) is 0 Å². The molecule has 0 spiro atoms. The van der Waals surface area contributed by atoms with Gasteiger partial charge >= 0.3 is 30.2 Å². The predicted molar refractivity (Wildman–Crippen MR) is 299 cm³/mol. The number of thioether (sulfide) groups is 2. The summed E-state index contributed by atoms with van der Waals surface area (Å²) < 4.78 is 35.5. The molecule has 76 heavy (non-hydrogen) atoms. The van der Waals surface area contributed by atoms with Gasteiger partial charge in [0.25, 0.3) is 0 Å². The van der Waals surface area contributed by atoms with E-state index in [0.29, 0.717) is 22.9 Å². The van der Waals surface area contributed by atoms with Crippen LogP contribution in [0.3, 0.4) is 0 Å². The molecule has 0 saturated heterocycles. The van der Waals surface area contributed by atoms with Gasteiger partial charge in [-0.1, -0.05) is 152 Å². The summed E-state index contributed by atoms with van der Waals surface area (Å²) in [7, 11) is 0. The van der Waals surface area contributed by atoms with Crippen molar-refractivity contribution in [2.24, 2.45) is 0 Å². The molecule has 0 aliphatic rings. The Morgan fingerprint density at radius 1 is 0.579 bits per heavy atom. The van der Waals surface area contributed by atoms with E-state index in [1.54, 1.807) is 6.07 Å². The van der Waals surface area contributed by atoms with Crippen molar-refractivity contribution in [1.29, 1.82) is 0 Å². The minimum absolute atomic E-state index is 0.0107. The molecule has 3 atom stereocenters. The lowest BCUT2D eigenvalue weighted by molar-refractivity contribution is -0.137. The van der Waals surface area contributed by atoms with E-state index >= 15 is 0 Å². The van der Waals surface area contributed by atoms with Crippen molar-refractivity contribution >= 4 is 71.2 Å². The van der Waals surface area contributed by atoms with Crippen LogP contribution < -0.4 is 25.4 Å². The van der Waals surface area contributed by atoms with E-state index in [9.17, 15) is 29.1 Å². The molecule has 18 heteroatoms. The van der Waals surface area contributed by atoms with Gasteiger partial charge in [0.2, 0.25) is 0 Å². The highest BCUT2D eigenvalue weighted by atomic mass is 32.2. The summed E-state index contributed by atoms with van der Waals surface area (Å²) in [6, 6.07) is 51.6. The summed E-state index contributed by atoms with van der Waals surface area (Å²) in [6.07, 6.45) is -2.85. The van der Waals surface area contributed by atoms with Crippen molar-refractivity contribution in [3.8, 4) is 33.8 Å². The van der Waals surface area contributed by atoms with Crippen LogP contribution in [-0.2, 0) is 28.5 Å². The quantitative estimate of drug-likeness (QED) is 0.0144. The van der Waals surface area contributed by atoms with Crippen LogP contribution in [0.4, 0.5) is 20.1 Å². The number of hydrogen-bond acceptors (Lipinski definition) is 14. The predicted octanol–water partition coefficient (Wildman–Crippen LogP) is 11.7. The minimum atomic E-state index is -1.17.